The Kier molecular flexibility index (Phi) is 57.5. The molecule has 0 radical (unpaired) electrons. The molecule has 2 atom stereocenters. The number of unbranched alkanes of at least 4 members (excludes halogenated alkanes) is 42. The molecule has 0 spiro atoms. The van der Waals surface area contributed by atoms with Gasteiger partial charge in [-0.05, 0) is 70.6 Å². The SMILES string of the molecule is CCCCCCC/C=C\C/C=C\CCCCCCCCCCCCCCCCCCCCCCCCCC(=O)OC(COC(=O)CCCCCCCCC/C=C\CCCCCCCCC)COP(=O)(O)OCC[N+](C)(C)C. The van der Waals surface area contributed by atoms with Gasteiger partial charge in [-0.3, -0.25) is 18.6 Å². The highest BCUT2D eigenvalue weighted by atomic mass is 31.2. The predicted molar refractivity (Wildman–Crippen MR) is 330 cm³/mol. The minimum absolute atomic E-state index is 0.0334. The number of quaternary nitrogens is 1. The summed E-state index contributed by atoms with van der Waals surface area (Å²) in [6, 6.07) is 0. The third-order valence-corrected chi connectivity index (χ3v) is 15.9. The maximum absolute atomic E-state index is 12.8. The first kappa shape index (κ1) is 75.2. The Balaban J connectivity index is 3.97. The number of carbonyl (C=O) groups is 2. The number of likely N-dealkylation sites (N-methyl/N-ethyl adjacent to an activating group) is 1. The van der Waals surface area contributed by atoms with Gasteiger partial charge in [-0.25, -0.2) is 4.57 Å². The van der Waals surface area contributed by atoms with E-state index in [2.05, 4.69) is 50.3 Å². The lowest BCUT2D eigenvalue weighted by Gasteiger charge is -2.24. The van der Waals surface area contributed by atoms with E-state index in [1.165, 1.54) is 257 Å². The topological polar surface area (TPSA) is 108 Å². The normalized spacial score (nSPS) is 13.4. The van der Waals surface area contributed by atoms with Crippen LogP contribution < -0.4 is 0 Å². The van der Waals surface area contributed by atoms with Gasteiger partial charge in [-0.2, -0.15) is 0 Å². The van der Waals surface area contributed by atoms with Crippen LogP contribution in [0, 0.1) is 0 Å². The molecule has 0 fully saturated rings. The Morgan fingerprint density at radius 2 is 0.701 bits per heavy atom. The van der Waals surface area contributed by atoms with Crippen LogP contribution in [0.1, 0.15) is 328 Å². The molecule has 77 heavy (non-hydrogen) atoms. The van der Waals surface area contributed by atoms with Crippen LogP contribution in [0.5, 0.6) is 0 Å². The molecule has 0 aliphatic rings. The predicted octanol–water partition coefficient (Wildman–Crippen LogP) is 21.1. The van der Waals surface area contributed by atoms with Gasteiger partial charge in [-0.15, -0.1) is 0 Å². The Morgan fingerprint density at radius 1 is 0.403 bits per heavy atom. The number of ether oxygens (including phenoxy) is 2. The van der Waals surface area contributed by atoms with Crippen molar-refractivity contribution in [3.63, 3.8) is 0 Å². The van der Waals surface area contributed by atoms with Gasteiger partial charge in [0.25, 0.3) is 0 Å². The lowest BCUT2D eigenvalue weighted by molar-refractivity contribution is -0.870. The molecule has 10 heteroatoms. The van der Waals surface area contributed by atoms with Crippen molar-refractivity contribution in [2.24, 2.45) is 0 Å². The van der Waals surface area contributed by atoms with Crippen molar-refractivity contribution in [1.29, 1.82) is 0 Å². The number of nitrogens with zero attached hydrogens (tertiary/aromatic N) is 1. The first-order valence-electron chi connectivity index (χ1n) is 33.2. The highest BCUT2D eigenvalue weighted by Gasteiger charge is 2.27. The maximum Gasteiger partial charge on any atom is 0.472 e. The molecule has 0 bridgehead atoms. The average Bonchev–Trinajstić information content (AvgIpc) is 3.39. The molecule has 1 N–H and O–H groups in total. The maximum atomic E-state index is 12.8. The van der Waals surface area contributed by atoms with Crippen LogP contribution >= 0.6 is 7.82 Å². The van der Waals surface area contributed by atoms with Gasteiger partial charge in [0.05, 0.1) is 27.7 Å². The van der Waals surface area contributed by atoms with Crippen molar-refractivity contribution in [1.82, 2.24) is 0 Å². The lowest BCUT2D eigenvalue weighted by Crippen LogP contribution is -2.37. The smallest absolute Gasteiger partial charge is 0.462 e. The second-order valence-electron chi connectivity index (χ2n) is 23.9. The fourth-order valence-corrected chi connectivity index (χ4v) is 10.5. The largest absolute Gasteiger partial charge is 0.472 e. The number of esters is 2. The monoisotopic (exact) mass is 1110 g/mol. The molecule has 0 aliphatic carbocycles. The molecule has 0 rings (SSSR count). The number of phosphoric ester groups is 1. The first-order chi connectivity index (χ1) is 37.5. The van der Waals surface area contributed by atoms with E-state index in [0.29, 0.717) is 17.4 Å². The Labute approximate surface area is 478 Å². The fourth-order valence-electron chi connectivity index (χ4n) is 9.75. The molecule has 0 heterocycles. The quantitative estimate of drug-likeness (QED) is 0.0211. The molecule has 9 nitrogen and oxygen atoms in total. The van der Waals surface area contributed by atoms with E-state index in [4.69, 9.17) is 18.5 Å². The summed E-state index contributed by atoms with van der Waals surface area (Å²) in [6.07, 6.45) is 73.9. The number of allylic oxidation sites excluding steroid dienone is 6. The van der Waals surface area contributed by atoms with Crippen molar-refractivity contribution in [3.05, 3.63) is 36.5 Å². The Hall–Kier alpha value is -1.77. The molecule has 0 aromatic carbocycles. The molecule has 2 unspecified atom stereocenters. The van der Waals surface area contributed by atoms with Crippen LogP contribution in [-0.2, 0) is 32.7 Å². The summed E-state index contributed by atoms with van der Waals surface area (Å²) >= 11 is 0. The van der Waals surface area contributed by atoms with Crippen LogP contribution in [0.15, 0.2) is 36.5 Å². The summed E-state index contributed by atoms with van der Waals surface area (Å²) < 4.78 is 34.6. The van der Waals surface area contributed by atoms with Gasteiger partial charge in [0.2, 0.25) is 0 Å². The molecule has 0 amide bonds. The van der Waals surface area contributed by atoms with Crippen LogP contribution in [0.2, 0.25) is 0 Å². The van der Waals surface area contributed by atoms with Gasteiger partial charge >= 0.3 is 19.8 Å². The minimum atomic E-state index is -4.39. The second kappa shape index (κ2) is 58.9. The van der Waals surface area contributed by atoms with Gasteiger partial charge in [0, 0.05) is 12.8 Å². The van der Waals surface area contributed by atoms with Gasteiger partial charge in [0.15, 0.2) is 6.10 Å². The average molecular weight is 1110 g/mol. The summed E-state index contributed by atoms with van der Waals surface area (Å²) in [5, 5.41) is 0. The van der Waals surface area contributed by atoms with Crippen LogP contribution in [0.3, 0.4) is 0 Å². The molecular formula is C67H129NO8P+. The standard InChI is InChI=1S/C67H128NO8P/c1-6-8-10-12-14-16-18-20-22-24-26-27-28-29-30-31-32-33-34-35-36-37-38-39-40-41-42-44-46-48-50-52-54-56-58-60-67(70)76-65(64-75-77(71,72)74-62-61-68(3,4)5)63-73-66(69)59-57-55-53-51-49-47-45-43-25-23-21-19-17-15-13-11-9-7-2/h18,20,23-26,65H,6-17,19,21-22,27-64H2,1-5H3/p+1/b20-18-,25-23-,26-24-. The number of carbonyl (C=O) groups excluding carboxylic acids is 2. The highest BCUT2D eigenvalue weighted by Crippen LogP contribution is 2.43. The summed E-state index contributed by atoms with van der Waals surface area (Å²) in [6.45, 7) is 4.47. The minimum Gasteiger partial charge on any atom is -0.462 e. The van der Waals surface area contributed by atoms with Crippen LogP contribution in [0.25, 0.3) is 0 Å². The van der Waals surface area contributed by atoms with E-state index in [-0.39, 0.29) is 32.0 Å². The lowest BCUT2D eigenvalue weighted by atomic mass is 10.0. The van der Waals surface area contributed by atoms with E-state index in [9.17, 15) is 19.0 Å². The molecule has 0 aromatic rings. The summed E-state index contributed by atoms with van der Waals surface area (Å²) in [7, 11) is 1.49. The molecule has 0 aliphatic heterocycles. The van der Waals surface area contributed by atoms with Crippen molar-refractivity contribution < 1.29 is 42.1 Å². The summed E-state index contributed by atoms with van der Waals surface area (Å²) in [4.78, 5) is 35.8. The third kappa shape index (κ3) is 63.3. The molecule has 454 valence electrons. The highest BCUT2D eigenvalue weighted by molar-refractivity contribution is 7.47. The summed E-state index contributed by atoms with van der Waals surface area (Å²) in [5.41, 5.74) is 0. The van der Waals surface area contributed by atoms with Gasteiger partial charge in [0.1, 0.15) is 19.8 Å². The van der Waals surface area contributed by atoms with E-state index in [0.717, 1.165) is 38.5 Å². The zero-order chi connectivity index (χ0) is 56.3. The second-order valence-corrected chi connectivity index (χ2v) is 25.3. The zero-order valence-corrected chi connectivity index (χ0v) is 52.6. The van der Waals surface area contributed by atoms with Crippen molar-refractivity contribution in [2.75, 3.05) is 47.5 Å². The number of rotatable bonds is 62. The first-order valence-corrected chi connectivity index (χ1v) is 34.7. The molecular weight excluding hydrogens is 978 g/mol. The van der Waals surface area contributed by atoms with Crippen molar-refractivity contribution in [3.8, 4) is 0 Å². The number of hydrogen-bond donors (Lipinski definition) is 1. The number of hydrogen-bond acceptors (Lipinski definition) is 7. The van der Waals surface area contributed by atoms with E-state index in [1.807, 2.05) is 21.1 Å². The van der Waals surface area contributed by atoms with Crippen LogP contribution in [-0.4, -0.2) is 74.9 Å². The zero-order valence-electron chi connectivity index (χ0n) is 51.7. The fraction of sp³-hybridized carbons (Fsp3) is 0.881. The van der Waals surface area contributed by atoms with Crippen molar-refractivity contribution in [2.45, 2.75) is 335 Å². The third-order valence-electron chi connectivity index (χ3n) is 14.9. The van der Waals surface area contributed by atoms with Crippen LogP contribution in [0.4, 0.5) is 0 Å². The number of phosphoric acid groups is 1. The molecule has 0 saturated heterocycles. The molecule has 0 aromatic heterocycles. The van der Waals surface area contributed by atoms with E-state index in [1.54, 1.807) is 0 Å². The Bertz CT molecular complexity index is 1390. The van der Waals surface area contributed by atoms with Crippen molar-refractivity contribution >= 4 is 19.8 Å². The van der Waals surface area contributed by atoms with Gasteiger partial charge in [-0.1, -0.05) is 281 Å². The molecule has 0 saturated carbocycles. The van der Waals surface area contributed by atoms with E-state index >= 15 is 0 Å². The summed E-state index contributed by atoms with van der Waals surface area (Å²) in [5.74, 6) is -0.785. The van der Waals surface area contributed by atoms with E-state index < -0.39 is 26.5 Å². The Morgan fingerprint density at radius 3 is 1.04 bits per heavy atom. The van der Waals surface area contributed by atoms with Gasteiger partial charge < -0.3 is 18.9 Å².